The number of aromatic nitrogens is 3. The van der Waals surface area contributed by atoms with Gasteiger partial charge in [-0.3, -0.25) is 4.79 Å². The molecule has 0 atom stereocenters. The fourth-order valence-electron chi connectivity index (χ4n) is 1.38. The van der Waals surface area contributed by atoms with Gasteiger partial charge in [-0.25, -0.2) is 9.48 Å². The van der Waals surface area contributed by atoms with E-state index in [-0.39, 0.29) is 24.6 Å². The van der Waals surface area contributed by atoms with E-state index in [0.29, 0.717) is 12.2 Å². The van der Waals surface area contributed by atoms with E-state index in [1.165, 1.54) is 18.9 Å². The van der Waals surface area contributed by atoms with Crippen LogP contribution in [0, 0.1) is 0 Å². The van der Waals surface area contributed by atoms with Crippen molar-refractivity contribution in [1.82, 2.24) is 20.3 Å². The Morgan fingerprint density at radius 2 is 2.11 bits per heavy atom. The van der Waals surface area contributed by atoms with Crippen LogP contribution in [0.4, 0.5) is 0 Å². The van der Waals surface area contributed by atoms with E-state index in [2.05, 4.69) is 20.4 Å². The van der Waals surface area contributed by atoms with Crippen LogP contribution in [0.3, 0.4) is 0 Å². The Labute approximate surface area is 104 Å². The van der Waals surface area contributed by atoms with Gasteiger partial charge in [0.25, 0.3) is 0 Å². The highest BCUT2D eigenvalue weighted by atomic mass is 16.5. The minimum atomic E-state index is -0.576. The number of carbonyl (C=O) groups excluding carboxylic acids is 2. The Hall–Kier alpha value is -1.96. The third-order valence-corrected chi connectivity index (χ3v) is 2.33. The van der Waals surface area contributed by atoms with Crippen LogP contribution in [-0.2, 0) is 27.4 Å². The summed E-state index contributed by atoms with van der Waals surface area (Å²) >= 11 is 0. The van der Waals surface area contributed by atoms with E-state index in [9.17, 15) is 9.59 Å². The molecule has 0 unspecified atom stereocenters. The fraction of sp³-hybridized carbons (Fsp3) is 0.600. The van der Waals surface area contributed by atoms with Gasteiger partial charge in [-0.05, 0) is 0 Å². The first-order valence-corrected chi connectivity index (χ1v) is 5.34. The topological polar surface area (TPSA) is 95.3 Å². The molecular formula is C10H16N4O4. The molecular weight excluding hydrogens is 240 g/mol. The average molecular weight is 256 g/mol. The molecule has 0 spiro atoms. The standard InChI is InChI=1S/C10H16N4O4/c1-11-8(15)4-5-14-7(6-17-2)9(12-13-14)10(16)18-3/h4-6H2,1-3H3,(H,11,15). The summed E-state index contributed by atoms with van der Waals surface area (Å²) < 4.78 is 11.0. The normalized spacial score (nSPS) is 10.2. The van der Waals surface area contributed by atoms with Crippen molar-refractivity contribution in [2.45, 2.75) is 19.6 Å². The SMILES string of the molecule is CNC(=O)CCn1nnc(C(=O)OC)c1COC. The van der Waals surface area contributed by atoms with Gasteiger partial charge in [0.15, 0.2) is 5.69 Å². The van der Waals surface area contributed by atoms with Crippen LogP contribution in [0.5, 0.6) is 0 Å². The van der Waals surface area contributed by atoms with Crippen LogP contribution in [0.1, 0.15) is 22.6 Å². The molecule has 1 rings (SSSR count). The average Bonchev–Trinajstić information content (AvgIpc) is 2.78. The van der Waals surface area contributed by atoms with E-state index in [4.69, 9.17) is 4.74 Å². The number of nitrogens with one attached hydrogen (secondary N) is 1. The van der Waals surface area contributed by atoms with Crippen LogP contribution in [0.25, 0.3) is 0 Å². The molecule has 0 radical (unpaired) electrons. The van der Waals surface area contributed by atoms with Crippen molar-refractivity contribution in [3.8, 4) is 0 Å². The highest BCUT2D eigenvalue weighted by molar-refractivity contribution is 5.88. The molecule has 0 saturated carbocycles. The molecule has 1 N–H and O–H groups in total. The zero-order valence-electron chi connectivity index (χ0n) is 10.6. The molecule has 0 aliphatic carbocycles. The molecule has 0 aliphatic rings. The molecule has 0 aliphatic heterocycles. The molecule has 1 amide bonds. The van der Waals surface area contributed by atoms with Crippen molar-refractivity contribution in [2.24, 2.45) is 0 Å². The third kappa shape index (κ3) is 3.27. The van der Waals surface area contributed by atoms with E-state index >= 15 is 0 Å². The van der Waals surface area contributed by atoms with Crippen molar-refractivity contribution in [2.75, 3.05) is 21.3 Å². The number of amides is 1. The molecule has 100 valence electrons. The second-order valence-electron chi connectivity index (χ2n) is 3.46. The van der Waals surface area contributed by atoms with Crippen LogP contribution < -0.4 is 5.32 Å². The molecule has 1 aromatic heterocycles. The quantitative estimate of drug-likeness (QED) is 0.679. The Bertz CT molecular complexity index is 430. The Morgan fingerprint density at radius 1 is 1.39 bits per heavy atom. The molecule has 0 saturated heterocycles. The summed E-state index contributed by atoms with van der Waals surface area (Å²) in [6.07, 6.45) is 0.247. The van der Waals surface area contributed by atoms with Crippen molar-refractivity contribution < 1.29 is 19.1 Å². The number of hydrogen-bond acceptors (Lipinski definition) is 6. The number of nitrogens with zero attached hydrogens (tertiary/aromatic N) is 3. The maximum absolute atomic E-state index is 11.4. The summed E-state index contributed by atoms with van der Waals surface area (Å²) in [6.45, 7) is 0.494. The monoisotopic (exact) mass is 256 g/mol. The lowest BCUT2D eigenvalue weighted by molar-refractivity contribution is -0.120. The largest absolute Gasteiger partial charge is 0.464 e. The third-order valence-electron chi connectivity index (χ3n) is 2.33. The highest BCUT2D eigenvalue weighted by Gasteiger charge is 2.20. The second-order valence-corrected chi connectivity index (χ2v) is 3.46. The summed E-state index contributed by atoms with van der Waals surface area (Å²) in [5.41, 5.74) is 0.601. The van der Waals surface area contributed by atoms with Crippen LogP contribution in [0.2, 0.25) is 0 Å². The van der Waals surface area contributed by atoms with Crippen molar-refractivity contribution >= 4 is 11.9 Å². The molecule has 1 heterocycles. The van der Waals surface area contributed by atoms with Gasteiger partial charge in [0, 0.05) is 20.6 Å². The lowest BCUT2D eigenvalue weighted by Crippen LogP contribution is -2.20. The predicted molar refractivity (Wildman–Crippen MR) is 60.8 cm³/mol. The smallest absolute Gasteiger partial charge is 0.360 e. The maximum atomic E-state index is 11.4. The zero-order valence-corrected chi connectivity index (χ0v) is 10.6. The lowest BCUT2D eigenvalue weighted by Gasteiger charge is -2.06. The maximum Gasteiger partial charge on any atom is 0.360 e. The summed E-state index contributed by atoms with van der Waals surface area (Å²) in [7, 11) is 4.32. The van der Waals surface area contributed by atoms with E-state index in [1.54, 1.807) is 7.05 Å². The number of aryl methyl sites for hydroxylation is 1. The van der Waals surface area contributed by atoms with E-state index < -0.39 is 5.97 Å². The Balaban J connectivity index is 2.87. The summed E-state index contributed by atoms with van der Waals surface area (Å²) in [6, 6.07) is 0. The zero-order chi connectivity index (χ0) is 13.5. The van der Waals surface area contributed by atoms with Crippen LogP contribution >= 0.6 is 0 Å². The van der Waals surface area contributed by atoms with Gasteiger partial charge >= 0.3 is 5.97 Å². The molecule has 1 aromatic rings. The number of carbonyl (C=O) groups is 2. The molecule has 8 heteroatoms. The number of hydrogen-bond donors (Lipinski definition) is 1. The van der Waals surface area contributed by atoms with Gasteiger partial charge in [0.2, 0.25) is 5.91 Å². The van der Waals surface area contributed by atoms with Crippen molar-refractivity contribution in [1.29, 1.82) is 0 Å². The number of ether oxygens (including phenoxy) is 2. The predicted octanol–water partition coefficient (Wildman–Crippen LogP) is -0.653. The molecule has 18 heavy (non-hydrogen) atoms. The van der Waals surface area contributed by atoms with Gasteiger partial charge in [-0.1, -0.05) is 5.21 Å². The first-order valence-electron chi connectivity index (χ1n) is 5.34. The number of esters is 1. The Kier molecular flexibility index (Phi) is 5.25. The molecule has 0 fully saturated rings. The highest BCUT2D eigenvalue weighted by Crippen LogP contribution is 2.09. The van der Waals surface area contributed by atoms with Gasteiger partial charge in [-0.2, -0.15) is 0 Å². The number of rotatable bonds is 6. The number of methoxy groups -OCH3 is 2. The van der Waals surface area contributed by atoms with Gasteiger partial charge in [0.05, 0.1) is 26.0 Å². The van der Waals surface area contributed by atoms with Gasteiger partial charge in [0.1, 0.15) is 0 Å². The fourth-order valence-corrected chi connectivity index (χ4v) is 1.38. The van der Waals surface area contributed by atoms with E-state index in [0.717, 1.165) is 0 Å². The first-order chi connectivity index (χ1) is 8.63. The lowest BCUT2D eigenvalue weighted by atomic mass is 10.3. The van der Waals surface area contributed by atoms with Gasteiger partial charge < -0.3 is 14.8 Å². The van der Waals surface area contributed by atoms with Crippen molar-refractivity contribution in [3.05, 3.63) is 11.4 Å². The first kappa shape index (κ1) is 14.1. The second kappa shape index (κ2) is 6.70. The summed E-state index contributed by atoms with van der Waals surface area (Å²) in [4.78, 5) is 22.6. The summed E-state index contributed by atoms with van der Waals surface area (Å²) in [5, 5.41) is 10.1. The minimum absolute atomic E-state index is 0.108. The van der Waals surface area contributed by atoms with Crippen molar-refractivity contribution in [3.63, 3.8) is 0 Å². The van der Waals surface area contributed by atoms with Gasteiger partial charge in [-0.15, -0.1) is 5.10 Å². The van der Waals surface area contributed by atoms with Crippen LogP contribution in [-0.4, -0.2) is 48.1 Å². The van der Waals surface area contributed by atoms with E-state index in [1.807, 2.05) is 0 Å². The molecule has 8 nitrogen and oxygen atoms in total. The molecule has 0 bridgehead atoms. The Morgan fingerprint density at radius 3 is 2.67 bits per heavy atom. The summed E-state index contributed by atoms with van der Waals surface area (Å²) in [5.74, 6) is -0.693. The van der Waals surface area contributed by atoms with Crippen LogP contribution in [0.15, 0.2) is 0 Å². The molecule has 0 aromatic carbocycles. The minimum Gasteiger partial charge on any atom is -0.464 e.